The van der Waals surface area contributed by atoms with Gasteiger partial charge in [-0.05, 0) is 30.3 Å². The number of amides is 1. The predicted molar refractivity (Wildman–Crippen MR) is 107 cm³/mol. The summed E-state index contributed by atoms with van der Waals surface area (Å²) in [6.45, 7) is 0. The zero-order valence-corrected chi connectivity index (χ0v) is 17.1. The SMILES string of the molecule is Cn1c(SCC(=O)Nc2ccccc2C(F)(F)F)nnc1-c1ccc(Cl)cc1Cl. The molecule has 1 aromatic heterocycles. The molecule has 1 N–H and O–H groups in total. The van der Waals surface area contributed by atoms with Crippen LogP contribution in [0, 0.1) is 0 Å². The van der Waals surface area contributed by atoms with Gasteiger partial charge >= 0.3 is 6.18 Å². The summed E-state index contributed by atoms with van der Waals surface area (Å²) in [4.78, 5) is 12.2. The number of para-hydroxylation sites is 1. The maximum atomic E-state index is 13.0. The molecular formula is C18H13Cl2F3N4OS. The van der Waals surface area contributed by atoms with Gasteiger partial charge in [0.1, 0.15) is 0 Å². The normalized spacial score (nSPS) is 11.5. The molecule has 3 rings (SSSR count). The van der Waals surface area contributed by atoms with Gasteiger partial charge in [-0.25, -0.2) is 0 Å². The van der Waals surface area contributed by atoms with Crippen LogP contribution in [0.3, 0.4) is 0 Å². The Morgan fingerprint density at radius 3 is 2.59 bits per heavy atom. The van der Waals surface area contributed by atoms with Gasteiger partial charge in [-0.3, -0.25) is 4.79 Å². The van der Waals surface area contributed by atoms with Crippen molar-refractivity contribution in [2.45, 2.75) is 11.3 Å². The van der Waals surface area contributed by atoms with Crippen LogP contribution < -0.4 is 5.32 Å². The number of nitrogens with zero attached hydrogens (tertiary/aromatic N) is 3. The summed E-state index contributed by atoms with van der Waals surface area (Å²) < 4.78 is 40.7. The first kappa shape index (κ1) is 21.5. The number of alkyl halides is 3. The molecule has 1 heterocycles. The second-order valence-electron chi connectivity index (χ2n) is 5.87. The minimum Gasteiger partial charge on any atom is -0.325 e. The van der Waals surface area contributed by atoms with Gasteiger partial charge in [0.15, 0.2) is 11.0 Å². The summed E-state index contributed by atoms with van der Waals surface area (Å²) in [5.41, 5.74) is -0.588. The van der Waals surface area contributed by atoms with Crippen LogP contribution in [0.5, 0.6) is 0 Å². The van der Waals surface area contributed by atoms with Crippen LogP contribution in [0.2, 0.25) is 10.0 Å². The van der Waals surface area contributed by atoms with Crippen molar-refractivity contribution in [2.75, 3.05) is 11.1 Å². The number of rotatable bonds is 5. The highest BCUT2D eigenvalue weighted by Crippen LogP contribution is 2.35. The van der Waals surface area contributed by atoms with E-state index in [0.29, 0.717) is 26.6 Å². The molecule has 5 nitrogen and oxygen atoms in total. The van der Waals surface area contributed by atoms with Crippen molar-refractivity contribution < 1.29 is 18.0 Å². The molecule has 0 fully saturated rings. The molecule has 0 aliphatic carbocycles. The molecule has 0 saturated heterocycles. The minimum atomic E-state index is -4.56. The second kappa shape index (κ2) is 8.64. The number of carbonyl (C=O) groups excluding carboxylic acids is 1. The molecule has 11 heteroatoms. The zero-order chi connectivity index (χ0) is 21.2. The Balaban J connectivity index is 1.70. The van der Waals surface area contributed by atoms with E-state index in [-0.39, 0.29) is 11.4 Å². The summed E-state index contributed by atoms with van der Waals surface area (Å²) in [6.07, 6.45) is -4.56. The molecule has 1 amide bonds. The van der Waals surface area contributed by atoms with Crippen LogP contribution in [-0.4, -0.2) is 26.4 Å². The van der Waals surface area contributed by atoms with E-state index in [1.165, 1.54) is 18.2 Å². The second-order valence-corrected chi connectivity index (χ2v) is 7.66. The van der Waals surface area contributed by atoms with Crippen LogP contribution in [0.4, 0.5) is 18.9 Å². The van der Waals surface area contributed by atoms with Crippen molar-refractivity contribution in [3.05, 3.63) is 58.1 Å². The number of nitrogens with one attached hydrogen (secondary N) is 1. The van der Waals surface area contributed by atoms with Crippen molar-refractivity contribution in [1.82, 2.24) is 14.8 Å². The lowest BCUT2D eigenvalue weighted by molar-refractivity contribution is -0.137. The lowest BCUT2D eigenvalue weighted by Crippen LogP contribution is -2.18. The third kappa shape index (κ3) is 5.04. The van der Waals surface area contributed by atoms with Crippen molar-refractivity contribution in [1.29, 1.82) is 0 Å². The molecule has 2 aromatic carbocycles. The average molecular weight is 461 g/mol. The van der Waals surface area contributed by atoms with Gasteiger partial charge < -0.3 is 9.88 Å². The fourth-order valence-electron chi connectivity index (χ4n) is 2.50. The number of benzene rings is 2. The number of anilines is 1. The smallest absolute Gasteiger partial charge is 0.325 e. The summed E-state index contributed by atoms with van der Waals surface area (Å²) in [7, 11) is 1.69. The van der Waals surface area contributed by atoms with Gasteiger partial charge in [-0.2, -0.15) is 13.2 Å². The van der Waals surface area contributed by atoms with Crippen LogP contribution in [0.15, 0.2) is 47.6 Å². The topological polar surface area (TPSA) is 59.8 Å². The molecule has 0 radical (unpaired) electrons. The predicted octanol–water partition coefficient (Wildman–Crippen LogP) is 5.54. The zero-order valence-electron chi connectivity index (χ0n) is 14.8. The molecular weight excluding hydrogens is 448 g/mol. The van der Waals surface area contributed by atoms with E-state index >= 15 is 0 Å². The van der Waals surface area contributed by atoms with Crippen LogP contribution in [0.25, 0.3) is 11.4 Å². The molecule has 0 bridgehead atoms. The van der Waals surface area contributed by atoms with Crippen molar-refractivity contribution in [3.63, 3.8) is 0 Å². The Morgan fingerprint density at radius 1 is 1.17 bits per heavy atom. The van der Waals surface area contributed by atoms with E-state index < -0.39 is 17.6 Å². The Kier molecular flexibility index (Phi) is 6.40. The number of halogens is 5. The average Bonchev–Trinajstić information content (AvgIpc) is 3.00. The van der Waals surface area contributed by atoms with Crippen LogP contribution in [-0.2, 0) is 18.0 Å². The number of aromatic nitrogens is 3. The highest BCUT2D eigenvalue weighted by molar-refractivity contribution is 7.99. The molecule has 152 valence electrons. The molecule has 0 unspecified atom stereocenters. The van der Waals surface area contributed by atoms with E-state index in [1.54, 1.807) is 29.8 Å². The monoisotopic (exact) mass is 460 g/mol. The molecule has 29 heavy (non-hydrogen) atoms. The Bertz CT molecular complexity index is 1060. The first-order valence-electron chi connectivity index (χ1n) is 8.10. The van der Waals surface area contributed by atoms with Gasteiger partial charge in [0.25, 0.3) is 0 Å². The first-order valence-corrected chi connectivity index (χ1v) is 9.84. The van der Waals surface area contributed by atoms with Crippen molar-refractivity contribution >= 4 is 46.6 Å². The lowest BCUT2D eigenvalue weighted by Gasteiger charge is -2.13. The number of hydrogen-bond donors (Lipinski definition) is 1. The third-order valence-electron chi connectivity index (χ3n) is 3.85. The maximum Gasteiger partial charge on any atom is 0.418 e. The van der Waals surface area contributed by atoms with E-state index in [0.717, 1.165) is 17.8 Å². The highest BCUT2D eigenvalue weighted by Gasteiger charge is 2.33. The summed E-state index contributed by atoms with van der Waals surface area (Å²) in [5, 5.41) is 11.7. The van der Waals surface area contributed by atoms with Gasteiger partial charge in [0, 0.05) is 17.6 Å². The van der Waals surface area contributed by atoms with Crippen molar-refractivity contribution in [2.24, 2.45) is 7.05 Å². The fraction of sp³-hybridized carbons (Fsp3) is 0.167. The molecule has 0 aliphatic heterocycles. The number of thioether (sulfide) groups is 1. The number of carbonyl (C=O) groups is 1. The quantitative estimate of drug-likeness (QED) is 0.507. The Morgan fingerprint density at radius 2 is 1.90 bits per heavy atom. The molecule has 0 saturated carbocycles. The lowest BCUT2D eigenvalue weighted by atomic mass is 10.1. The Hall–Kier alpha value is -2.23. The van der Waals surface area contributed by atoms with E-state index in [9.17, 15) is 18.0 Å². The largest absolute Gasteiger partial charge is 0.418 e. The van der Waals surface area contributed by atoms with E-state index in [4.69, 9.17) is 23.2 Å². The van der Waals surface area contributed by atoms with E-state index in [2.05, 4.69) is 15.5 Å². The van der Waals surface area contributed by atoms with Gasteiger partial charge in [0.2, 0.25) is 5.91 Å². The highest BCUT2D eigenvalue weighted by atomic mass is 35.5. The molecule has 0 atom stereocenters. The fourth-order valence-corrected chi connectivity index (χ4v) is 3.71. The molecule has 0 aliphatic rings. The Labute approximate surface area is 178 Å². The summed E-state index contributed by atoms with van der Waals surface area (Å²) in [6, 6.07) is 9.73. The molecule has 0 spiro atoms. The molecule has 3 aromatic rings. The minimum absolute atomic E-state index is 0.146. The first-order chi connectivity index (χ1) is 13.7. The summed E-state index contributed by atoms with van der Waals surface area (Å²) in [5.74, 6) is -0.273. The maximum absolute atomic E-state index is 13.0. The van der Waals surface area contributed by atoms with Gasteiger partial charge in [0.05, 0.1) is 22.0 Å². The van der Waals surface area contributed by atoms with Crippen LogP contribution >= 0.6 is 35.0 Å². The standard InChI is InChI=1S/C18H13Cl2F3N4OS/c1-27-16(11-7-6-10(19)8-13(11)20)25-26-17(27)29-9-15(28)24-14-5-3-2-4-12(14)18(21,22)23/h2-8H,9H2,1H3,(H,24,28). The van der Waals surface area contributed by atoms with Gasteiger partial charge in [-0.15, -0.1) is 10.2 Å². The van der Waals surface area contributed by atoms with E-state index in [1.807, 2.05) is 0 Å². The number of hydrogen-bond acceptors (Lipinski definition) is 4. The van der Waals surface area contributed by atoms with Crippen molar-refractivity contribution in [3.8, 4) is 11.4 Å². The van der Waals surface area contributed by atoms with Gasteiger partial charge in [-0.1, -0.05) is 47.1 Å². The van der Waals surface area contributed by atoms with Crippen LogP contribution in [0.1, 0.15) is 5.56 Å². The third-order valence-corrected chi connectivity index (χ3v) is 5.41. The summed E-state index contributed by atoms with van der Waals surface area (Å²) >= 11 is 13.1.